The third kappa shape index (κ3) is 5.77. The van der Waals surface area contributed by atoms with Crippen LogP contribution >= 0.6 is 0 Å². The fraction of sp³-hybridized carbons (Fsp3) is 0.600. The summed E-state index contributed by atoms with van der Waals surface area (Å²) in [7, 11) is 3.23. The molecular weight excluding hydrogens is 260 g/mol. The van der Waals surface area contributed by atoms with Crippen molar-refractivity contribution in [3.8, 4) is 11.5 Å². The molecule has 1 N–H and O–H groups in total. The Morgan fingerprint density at radius 3 is 2.50 bits per heavy atom. The predicted molar refractivity (Wildman–Crippen MR) is 76.4 cm³/mol. The first-order valence-corrected chi connectivity index (χ1v) is 6.74. The van der Waals surface area contributed by atoms with Crippen molar-refractivity contribution in [1.82, 2.24) is 0 Å². The first-order chi connectivity index (χ1) is 9.69. The van der Waals surface area contributed by atoms with E-state index in [1.165, 1.54) is 0 Å². The summed E-state index contributed by atoms with van der Waals surface area (Å²) in [5, 5.41) is 9.53. The molecule has 0 radical (unpaired) electrons. The Morgan fingerprint density at radius 1 is 1.05 bits per heavy atom. The summed E-state index contributed by atoms with van der Waals surface area (Å²) in [4.78, 5) is 0. The number of benzene rings is 1. The van der Waals surface area contributed by atoms with Gasteiger partial charge in [-0.3, -0.25) is 0 Å². The van der Waals surface area contributed by atoms with Crippen LogP contribution in [0.4, 0.5) is 0 Å². The standard InChI is InChI=1S/C15H24O5/c1-12(16)13-5-6-14(15(11-13)18-3)20-8-4-7-19-10-9-17-2/h5-6,11-12,16H,4,7-10H2,1-3H3. The Kier molecular flexibility index (Phi) is 8.02. The van der Waals surface area contributed by atoms with Crippen molar-refractivity contribution in [2.75, 3.05) is 40.6 Å². The lowest BCUT2D eigenvalue weighted by atomic mass is 10.1. The fourth-order valence-electron chi connectivity index (χ4n) is 1.65. The Bertz CT molecular complexity index is 379. The Morgan fingerprint density at radius 2 is 1.85 bits per heavy atom. The normalized spacial score (nSPS) is 12.2. The quantitative estimate of drug-likeness (QED) is 0.667. The fourth-order valence-corrected chi connectivity index (χ4v) is 1.65. The van der Waals surface area contributed by atoms with E-state index < -0.39 is 6.10 Å². The second kappa shape index (κ2) is 9.58. The molecule has 0 fully saturated rings. The SMILES string of the molecule is COCCOCCCOc1ccc(C(C)O)cc1OC. The van der Waals surface area contributed by atoms with Crippen molar-refractivity contribution in [1.29, 1.82) is 0 Å². The van der Waals surface area contributed by atoms with Crippen LogP contribution in [0.2, 0.25) is 0 Å². The van der Waals surface area contributed by atoms with Crippen LogP contribution in [0, 0.1) is 0 Å². The van der Waals surface area contributed by atoms with E-state index in [4.69, 9.17) is 18.9 Å². The number of aliphatic hydroxyl groups excluding tert-OH is 1. The Hall–Kier alpha value is -1.30. The van der Waals surface area contributed by atoms with Gasteiger partial charge in [0.05, 0.1) is 33.0 Å². The summed E-state index contributed by atoms with van der Waals surface area (Å²) in [5.41, 5.74) is 0.803. The van der Waals surface area contributed by atoms with Crippen molar-refractivity contribution < 1.29 is 24.1 Å². The van der Waals surface area contributed by atoms with Gasteiger partial charge in [-0.1, -0.05) is 6.07 Å². The first-order valence-electron chi connectivity index (χ1n) is 6.74. The molecule has 0 bridgehead atoms. The summed E-state index contributed by atoms with van der Waals surface area (Å²) in [6, 6.07) is 5.43. The molecule has 0 saturated heterocycles. The summed E-state index contributed by atoms with van der Waals surface area (Å²) < 4.78 is 21.1. The Labute approximate surface area is 120 Å². The van der Waals surface area contributed by atoms with Crippen LogP contribution < -0.4 is 9.47 Å². The lowest BCUT2D eigenvalue weighted by Gasteiger charge is -2.13. The summed E-state index contributed by atoms with van der Waals surface area (Å²) >= 11 is 0. The molecule has 1 aromatic carbocycles. The molecule has 0 aliphatic carbocycles. The zero-order chi connectivity index (χ0) is 14.8. The van der Waals surface area contributed by atoms with Crippen LogP contribution in [0.3, 0.4) is 0 Å². The van der Waals surface area contributed by atoms with Crippen molar-refractivity contribution in [2.45, 2.75) is 19.4 Å². The molecule has 114 valence electrons. The van der Waals surface area contributed by atoms with E-state index in [9.17, 15) is 5.11 Å². The molecule has 0 amide bonds. The van der Waals surface area contributed by atoms with Crippen molar-refractivity contribution >= 4 is 0 Å². The third-order valence-corrected chi connectivity index (χ3v) is 2.79. The second-order valence-corrected chi connectivity index (χ2v) is 4.39. The molecular formula is C15H24O5. The monoisotopic (exact) mass is 284 g/mol. The van der Waals surface area contributed by atoms with E-state index in [0.29, 0.717) is 37.9 Å². The lowest BCUT2D eigenvalue weighted by molar-refractivity contribution is 0.0643. The number of aliphatic hydroxyl groups is 1. The van der Waals surface area contributed by atoms with E-state index >= 15 is 0 Å². The number of ether oxygens (including phenoxy) is 4. The smallest absolute Gasteiger partial charge is 0.161 e. The van der Waals surface area contributed by atoms with E-state index in [1.54, 1.807) is 27.2 Å². The molecule has 1 rings (SSSR count). The van der Waals surface area contributed by atoms with Gasteiger partial charge in [0.1, 0.15) is 0 Å². The number of hydrogen-bond donors (Lipinski definition) is 1. The lowest BCUT2D eigenvalue weighted by Crippen LogP contribution is -2.07. The van der Waals surface area contributed by atoms with Crippen LogP contribution in [0.1, 0.15) is 25.0 Å². The molecule has 1 unspecified atom stereocenters. The molecule has 0 aromatic heterocycles. The van der Waals surface area contributed by atoms with Gasteiger partial charge in [-0.25, -0.2) is 0 Å². The first kappa shape index (κ1) is 16.8. The highest BCUT2D eigenvalue weighted by Crippen LogP contribution is 2.30. The summed E-state index contributed by atoms with van der Waals surface area (Å²) in [5.74, 6) is 1.30. The van der Waals surface area contributed by atoms with Crippen molar-refractivity contribution in [3.63, 3.8) is 0 Å². The Balaban J connectivity index is 2.36. The van der Waals surface area contributed by atoms with E-state index in [2.05, 4.69) is 0 Å². The molecule has 20 heavy (non-hydrogen) atoms. The van der Waals surface area contributed by atoms with Gasteiger partial charge >= 0.3 is 0 Å². The third-order valence-electron chi connectivity index (χ3n) is 2.79. The minimum atomic E-state index is -0.521. The van der Waals surface area contributed by atoms with Gasteiger partial charge in [-0.2, -0.15) is 0 Å². The van der Waals surface area contributed by atoms with Gasteiger partial charge in [0.2, 0.25) is 0 Å². The average molecular weight is 284 g/mol. The van der Waals surface area contributed by atoms with Crippen LogP contribution in [0.5, 0.6) is 11.5 Å². The molecule has 0 aliphatic heterocycles. The van der Waals surface area contributed by atoms with Crippen LogP contribution in [0.25, 0.3) is 0 Å². The predicted octanol–water partition coefficient (Wildman–Crippen LogP) is 2.18. The summed E-state index contributed by atoms with van der Waals surface area (Å²) in [6.45, 7) is 4.11. The average Bonchev–Trinajstić information content (AvgIpc) is 2.46. The van der Waals surface area contributed by atoms with Crippen molar-refractivity contribution in [2.24, 2.45) is 0 Å². The zero-order valence-corrected chi connectivity index (χ0v) is 12.4. The maximum absolute atomic E-state index is 9.53. The second-order valence-electron chi connectivity index (χ2n) is 4.39. The zero-order valence-electron chi connectivity index (χ0n) is 12.4. The molecule has 0 heterocycles. The molecule has 0 aliphatic rings. The van der Waals surface area contributed by atoms with Gasteiger partial charge in [0.25, 0.3) is 0 Å². The largest absolute Gasteiger partial charge is 0.493 e. The maximum atomic E-state index is 9.53. The number of methoxy groups -OCH3 is 2. The molecule has 0 spiro atoms. The molecule has 1 aromatic rings. The molecule has 1 atom stereocenters. The topological polar surface area (TPSA) is 57.2 Å². The minimum absolute atomic E-state index is 0.521. The van der Waals surface area contributed by atoms with Gasteiger partial charge in [0.15, 0.2) is 11.5 Å². The highest BCUT2D eigenvalue weighted by atomic mass is 16.5. The van der Waals surface area contributed by atoms with Crippen LogP contribution in [-0.4, -0.2) is 45.8 Å². The van der Waals surface area contributed by atoms with E-state index in [-0.39, 0.29) is 0 Å². The number of rotatable bonds is 10. The van der Waals surface area contributed by atoms with Gasteiger partial charge in [0, 0.05) is 20.1 Å². The summed E-state index contributed by atoms with van der Waals surface area (Å²) in [6.07, 6.45) is 0.275. The van der Waals surface area contributed by atoms with E-state index in [0.717, 1.165) is 12.0 Å². The van der Waals surface area contributed by atoms with Gasteiger partial charge in [-0.05, 0) is 24.6 Å². The van der Waals surface area contributed by atoms with Gasteiger partial charge < -0.3 is 24.1 Å². The molecule has 5 nitrogen and oxygen atoms in total. The van der Waals surface area contributed by atoms with Gasteiger partial charge in [-0.15, -0.1) is 0 Å². The number of hydrogen-bond acceptors (Lipinski definition) is 5. The van der Waals surface area contributed by atoms with Crippen LogP contribution in [0.15, 0.2) is 18.2 Å². The highest BCUT2D eigenvalue weighted by Gasteiger charge is 2.08. The minimum Gasteiger partial charge on any atom is -0.493 e. The van der Waals surface area contributed by atoms with E-state index in [1.807, 2.05) is 12.1 Å². The molecule has 5 heteroatoms. The molecule has 0 saturated carbocycles. The van der Waals surface area contributed by atoms with Crippen molar-refractivity contribution in [3.05, 3.63) is 23.8 Å². The van der Waals surface area contributed by atoms with Crippen LogP contribution in [-0.2, 0) is 9.47 Å². The highest BCUT2D eigenvalue weighted by molar-refractivity contribution is 5.43. The maximum Gasteiger partial charge on any atom is 0.161 e.